The van der Waals surface area contributed by atoms with E-state index in [1.165, 1.54) is 20.2 Å². The summed E-state index contributed by atoms with van der Waals surface area (Å²) in [5.74, 6) is -0.164. The number of amides is 1. The number of rotatable bonds is 3. The number of carbonyl (C=O) groups is 1. The highest BCUT2D eigenvalue weighted by atomic mass is 32.2. The summed E-state index contributed by atoms with van der Waals surface area (Å²) in [4.78, 5) is 14.7. The van der Waals surface area contributed by atoms with E-state index in [4.69, 9.17) is 4.74 Å². The summed E-state index contributed by atoms with van der Waals surface area (Å²) in [6, 6.07) is 4.78. The van der Waals surface area contributed by atoms with Crippen molar-refractivity contribution in [1.82, 2.24) is 9.21 Å². The van der Waals surface area contributed by atoms with E-state index in [-0.39, 0.29) is 22.9 Å². The Balaban J connectivity index is 2.40. The zero-order valence-electron chi connectivity index (χ0n) is 14.2. The first-order valence-corrected chi connectivity index (χ1v) is 9.06. The Labute approximate surface area is 138 Å². The number of nitrogens with zero attached hydrogens (tertiary/aromatic N) is 2. The topological polar surface area (TPSA) is 66.9 Å². The Morgan fingerprint density at radius 3 is 2.57 bits per heavy atom. The second kappa shape index (κ2) is 6.59. The van der Waals surface area contributed by atoms with Crippen molar-refractivity contribution in [2.45, 2.75) is 37.8 Å². The molecule has 128 valence electrons. The first kappa shape index (κ1) is 17.9. The van der Waals surface area contributed by atoms with Gasteiger partial charge in [-0.05, 0) is 38.5 Å². The summed E-state index contributed by atoms with van der Waals surface area (Å²) >= 11 is 0. The molecule has 23 heavy (non-hydrogen) atoms. The molecule has 0 aromatic heterocycles. The maximum absolute atomic E-state index is 12.8. The highest BCUT2D eigenvalue weighted by Crippen LogP contribution is 2.22. The monoisotopic (exact) mass is 340 g/mol. The van der Waals surface area contributed by atoms with Crippen LogP contribution >= 0.6 is 0 Å². The number of morpholine rings is 1. The third-order valence-corrected chi connectivity index (χ3v) is 6.30. The first-order valence-electron chi connectivity index (χ1n) is 7.62. The number of hydrogen-bond acceptors (Lipinski definition) is 4. The van der Waals surface area contributed by atoms with E-state index >= 15 is 0 Å². The van der Waals surface area contributed by atoms with Gasteiger partial charge in [-0.25, -0.2) is 12.7 Å². The summed E-state index contributed by atoms with van der Waals surface area (Å²) < 4.78 is 31.5. The van der Waals surface area contributed by atoms with Crippen molar-refractivity contribution in [2.75, 3.05) is 27.2 Å². The molecule has 0 saturated carbocycles. The molecule has 0 N–H and O–H groups in total. The fraction of sp³-hybridized carbons (Fsp3) is 0.562. The molecule has 2 atom stereocenters. The van der Waals surface area contributed by atoms with E-state index in [0.717, 1.165) is 4.31 Å². The van der Waals surface area contributed by atoms with Crippen LogP contribution in [0.5, 0.6) is 0 Å². The van der Waals surface area contributed by atoms with Crippen LogP contribution in [0.4, 0.5) is 0 Å². The van der Waals surface area contributed by atoms with Crippen molar-refractivity contribution in [3.63, 3.8) is 0 Å². The average molecular weight is 340 g/mol. The SMILES string of the molecule is Cc1ccc(C(=O)N2CCOC(C)C2C)cc1S(=O)(=O)N(C)C. The number of benzene rings is 1. The molecule has 0 radical (unpaired) electrons. The number of sulfonamides is 1. The molecule has 1 amide bonds. The van der Waals surface area contributed by atoms with Gasteiger partial charge in [-0.1, -0.05) is 6.07 Å². The van der Waals surface area contributed by atoms with Crippen molar-refractivity contribution >= 4 is 15.9 Å². The molecule has 2 rings (SSSR count). The van der Waals surface area contributed by atoms with Crippen LogP contribution in [0.15, 0.2) is 23.1 Å². The van der Waals surface area contributed by atoms with Gasteiger partial charge in [-0.2, -0.15) is 0 Å². The van der Waals surface area contributed by atoms with Crippen LogP contribution in [0.2, 0.25) is 0 Å². The normalized spacial score (nSPS) is 22.4. The molecule has 0 spiro atoms. The highest BCUT2D eigenvalue weighted by molar-refractivity contribution is 7.89. The van der Waals surface area contributed by atoms with E-state index < -0.39 is 10.0 Å². The van der Waals surface area contributed by atoms with Gasteiger partial charge < -0.3 is 9.64 Å². The average Bonchev–Trinajstić information content (AvgIpc) is 2.49. The minimum Gasteiger partial charge on any atom is -0.375 e. The highest BCUT2D eigenvalue weighted by Gasteiger charge is 2.30. The molecule has 1 saturated heterocycles. The van der Waals surface area contributed by atoms with Crippen molar-refractivity contribution < 1.29 is 17.9 Å². The molecule has 0 bridgehead atoms. The van der Waals surface area contributed by atoms with Gasteiger partial charge in [-0.3, -0.25) is 4.79 Å². The second-order valence-corrected chi connectivity index (χ2v) is 8.20. The van der Waals surface area contributed by atoms with Gasteiger partial charge >= 0.3 is 0 Å². The summed E-state index contributed by atoms with van der Waals surface area (Å²) in [5.41, 5.74) is 1.01. The summed E-state index contributed by atoms with van der Waals surface area (Å²) in [6.45, 7) is 6.60. The molecule has 1 fully saturated rings. The van der Waals surface area contributed by atoms with Gasteiger partial charge in [0.05, 0.1) is 23.6 Å². The molecule has 1 heterocycles. The van der Waals surface area contributed by atoms with E-state index in [9.17, 15) is 13.2 Å². The number of hydrogen-bond donors (Lipinski definition) is 0. The van der Waals surface area contributed by atoms with E-state index in [2.05, 4.69) is 0 Å². The summed E-state index contributed by atoms with van der Waals surface area (Å²) in [5, 5.41) is 0. The van der Waals surface area contributed by atoms with E-state index in [1.807, 2.05) is 13.8 Å². The number of aryl methyl sites for hydroxylation is 1. The molecule has 1 aliphatic heterocycles. The summed E-state index contributed by atoms with van der Waals surface area (Å²) in [7, 11) is -0.618. The third kappa shape index (κ3) is 3.41. The van der Waals surface area contributed by atoms with Crippen molar-refractivity contribution in [1.29, 1.82) is 0 Å². The molecule has 6 nitrogen and oxygen atoms in total. The van der Waals surface area contributed by atoms with E-state index in [1.54, 1.807) is 24.0 Å². The Hall–Kier alpha value is -1.44. The largest absolute Gasteiger partial charge is 0.375 e. The fourth-order valence-electron chi connectivity index (χ4n) is 2.59. The molecule has 1 aliphatic rings. The van der Waals surface area contributed by atoms with Gasteiger partial charge in [0.25, 0.3) is 5.91 Å². The van der Waals surface area contributed by atoms with Crippen LogP contribution in [-0.4, -0.2) is 62.9 Å². The lowest BCUT2D eigenvalue weighted by Crippen LogP contribution is -2.51. The third-order valence-electron chi connectivity index (χ3n) is 4.34. The molecule has 1 aromatic carbocycles. The van der Waals surface area contributed by atoms with Gasteiger partial charge in [0.15, 0.2) is 0 Å². The van der Waals surface area contributed by atoms with Gasteiger partial charge in [-0.15, -0.1) is 0 Å². The minimum atomic E-state index is -3.58. The van der Waals surface area contributed by atoms with Gasteiger partial charge in [0.1, 0.15) is 0 Å². The molecule has 2 unspecified atom stereocenters. The van der Waals surface area contributed by atoms with Crippen LogP contribution < -0.4 is 0 Å². The van der Waals surface area contributed by atoms with E-state index in [0.29, 0.717) is 24.3 Å². The minimum absolute atomic E-state index is 0.0388. The van der Waals surface area contributed by atoms with Crippen LogP contribution in [-0.2, 0) is 14.8 Å². The Morgan fingerprint density at radius 1 is 1.30 bits per heavy atom. The lowest BCUT2D eigenvalue weighted by atomic mass is 10.1. The predicted molar refractivity (Wildman–Crippen MR) is 88.0 cm³/mol. The molecular formula is C16H24N2O4S. The Bertz CT molecular complexity index is 700. The summed E-state index contributed by atoms with van der Waals surface area (Å²) in [6.07, 6.45) is -0.0388. The zero-order chi connectivity index (χ0) is 17.4. The van der Waals surface area contributed by atoms with Crippen LogP contribution in [0.1, 0.15) is 29.8 Å². The van der Waals surface area contributed by atoms with Gasteiger partial charge in [0, 0.05) is 26.2 Å². The number of ether oxygens (including phenoxy) is 1. The molecule has 1 aromatic rings. The quantitative estimate of drug-likeness (QED) is 0.836. The van der Waals surface area contributed by atoms with Crippen molar-refractivity contribution in [3.8, 4) is 0 Å². The van der Waals surface area contributed by atoms with Gasteiger partial charge in [0.2, 0.25) is 10.0 Å². The van der Waals surface area contributed by atoms with Crippen molar-refractivity contribution in [3.05, 3.63) is 29.3 Å². The maximum atomic E-state index is 12.8. The lowest BCUT2D eigenvalue weighted by Gasteiger charge is -2.38. The molecule has 7 heteroatoms. The number of carbonyl (C=O) groups excluding carboxylic acids is 1. The first-order chi connectivity index (χ1) is 10.7. The fourth-order valence-corrected chi connectivity index (χ4v) is 3.74. The lowest BCUT2D eigenvalue weighted by molar-refractivity contribution is -0.0440. The zero-order valence-corrected chi connectivity index (χ0v) is 15.1. The predicted octanol–water partition coefficient (Wildman–Crippen LogP) is 1.49. The Kier molecular flexibility index (Phi) is 5.13. The van der Waals surface area contributed by atoms with Crippen LogP contribution in [0.3, 0.4) is 0 Å². The maximum Gasteiger partial charge on any atom is 0.254 e. The smallest absolute Gasteiger partial charge is 0.254 e. The van der Waals surface area contributed by atoms with Crippen LogP contribution in [0.25, 0.3) is 0 Å². The second-order valence-electron chi connectivity index (χ2n) is 6.08. The van der Waals surface area contributed by atoms with Crippen LogP contribution in [0, 0.1) is 6.92 Å². The van der Waals surface area contributed by atoms with Crippen molar-refractivity contribution in [2.24, 2.45) is 0 Å². The Morgan fingerprint density at radius 2 is 1.96 bits per heavy atom. The standard InChI is InChI=1S/C16H24N2O4S/c1-11-6-7-14(10-15(11)23(20,21)17(4)5)16(19)18-8-9-22-13(3)12(18)2/h6-7,10,12-13H,8-9H2,1-5H3. The molecular weight excluding hydrogens is 316 g/mol. The molecule has 0 aliphatic carbocycles.